The predicted molar refractivity (Wildman–Crippen MR) is 104 cm³/mol. The van der Waals surface area contributed by atoms with Crippen molar-refractivity contribution in [3.63, 3.8) is 0 Å². The molecular formula is C20H31N3O4. The number of amides is 1. The molecule has 0 radical (unpaired) electrons. The van der Waals surface area contributed by atoms with Crippen molar-refractivity contribution in [1.82, 2.24) is 15.1 Å². The molecule has 0 saturated carbocycles. The van der Waals surface area contributed by atoms with E-state index in [-0.39, 0.29) is 11.9 Å². The third kappa shape index (κ3) is 4.25. The molecule has 7 nitrogen and oxygen atoms in total. The predicted octanol–water partition coefficient (Wildman–Crippen LogP) is 1.60. The fourth-order valence-corrected chi connectivity index (χ4v) is 3.97. The van der Waals surface area contributed by atoms with Gasteiger partial charge in [-0.3, -0.25) is 14.5 Å². The Bertz CT molecular complexity index is 662. The molecule has 1 fully saturated rings. The first-order valence-electron chi connectivity index (χ1n) is 9.29. The standard InChI is InChI=1S/C20H31N3O4/c1-6-20(19(25)26)13-16(18(24)21-11-12-22(2)3)17(23(20)4)14-7-9-15(27-5)10-8-14/h7-10,16-17H,6,11-13H2,1-5H3,(H,21,24)(H,25,26)/t16-,17-,20-/m1/s1. The quantitative estimate of drug-likeness (QED) is 0.716. The van der Waals surface area contributed by atoms with Crippen molar-refractivity contribution in [3.05, 3.63) is 29.8 Å². The minimum absolute atomic E-state index is 0.0962. The Morgan fingerprint density at radius 3 is 2.44 bits per heavy atom. The van der Waals surface area contributed by atoms with Crippen LogP contribution in [0.4, 0.5) is 0 Å². The number of carbonyl (C=O) groups excluding carboxylic acids is 1. The minimum atomic E-state index is -1.05. The third-order valence-corrected chi connectivity index (χ3v) is 5.67. The van der Waals surface area contributed by atoms with Crippen LogP contribution in [0.3, 0.4) is 0 Å². The van der Waals surface area contributed by atoms with Gasteiger partial charge in [0.2, 0.25) is 5.91 Å². The molecule has 27 heavy (non-hydrogen) atoms. The zero-order valence-electron chi connectivity index (χ0n) is 16.9. The molecule has 1 aliphatic rings. The van der Waals surface area contributed by atoms with E-state index < -0.39 is 17.4 Å². The molecule has 1 heterocycles. The zero-order valence-corrected chi connectivity index (χ0v) is 16.9. The second-order valence-electron chi connectivity index (χ2n) is 7.42. The number of likely N-dealkylation sites (tertiary alicyclic amines) is 1. The number of carboxylic acid groups (broad SMARTS) is 1. The van der Waals surface area contributed by atoms with Gasteiger partial charge in [-0.1, -0.05) is 19.1 Å². The van der Waals surface area contributed by atoms with Crippen molar-refractivity contribution >= 4 is 11.9 Å². The Balaban J connectivity index is 2.34. The molecule has 0 spiro atoms. The summed E-state index contributed by atoms with van der Waals surface area (Å²) in [4.78, 5) is 28.9. The lowest BCUT2D eigenvalue weighted by atomic mass is 9.87. The molecule has 0 aromatic heterocycles. The summed E-state index contributed by atoms with van der Waals surface area (Å²) in [6, 6.07) is 7.21. The van der Waals surface area contributed by atoms with E-state index in [9.17, 15) is 14.7 Å². The average Bonchev–Trinajstić information content (AvgIpc) is 2.95. The summed E-state index contributed by atoms with van der Waals surface area (Å²) < 4.78 is 5.22. The molecule has 0 aliphatic carbocycles. The van der Waals surface area contributed by atoms with Crippen LogP contribution in [0.15, 0.2) is 24.3 Å². The maximum absolute atomic E-state index is 12.9. The Morgan fingerprint density at radius 1 is 1.33 bits per heavy atom. The van der Waals surface area contributed by atoms with Crippen LogP contribution in [0.25, 0.3) is 0 Å². The number of nitrogens with one attached hydrogen (secondary N) is 1. The van der Waals surface area contributed by atoms with Crippen LogP contribution < -0.4 is 10.1 Å². The van der Waals surface area contributed by atoms with Crippen molar-refractivity contribution in [1.29, 1.82) is 0 Å². The number of hydrogen-bond acceptors (Lipinski definition) is 5. The molecule has 1 saturated heterocycles. The van der Waals surface area contributed by atoms with Gasteiger partial charge in [-0.05, 0) is 51.7 Å². The van der Waals surface area contributed by atoms with Crippen LogP contribution >= 0.6 is 0 Å². The second-order valence-corrected chi connectivity index (χ2v) is 7.42. The molecule has 150 valence electrons. The molecule has 0 unspecified atom stereocenters. The summed E-state index contributed by atoms with van der Waals surface area (Å²) >= 11 is 0. The monoisotopic (exact) mass is 377 g/mol. The first kappa shape index (κ1) is 21.2. The van der Waals surface area contributed by atoms with Crippen LogP contribution in [0, 0.1) is 5.92 Å². The van der Waals surface area contributed by atoms with E-state index in [1.165, 1.54) is 0 Å². The van der Waals surface area contributed by atoms with Crippen molar-refractivity contribution in [2.45, 2.75) is 31.3 Å². The lowest BCUT2D eigenvalue weighted by Crippen LogP contribution is -2.48. The van der Waals surface area contributed by atoms with E-state index in [1.807, 2.05) is 55.1 Å². The fourth-order valence-electron chi connectivity index (χ4n) is 3.97. The Kier molecular flexibility index (Phi) is 6.84. The lowest BCUT2D eigenvalue weighted by Gasteiger charge is -2.34. The average molecular weight is 377 g/mol. The van der Waals surface area contributed by atoms with E-state index in [4.69, 9.17) is 4.74 Å². The number of carboxylic acids is 1. The summed E-state index contributed by atoms with van der Waals surface area (Å²) in [6.07, 6.45) is 0.729. The van der Waals surface area contributed by atoms with Crippen molar-refractivity contribution in [2.24, 2.45) is 5.92 Å². The second kappa shape index (κ2) is 8.71. The molecule has 0 bridgehead atoms. The van der Waals surface area contributed by atoms with Crippen molar-refractivity contribution in [2.75, 3.05) is 41.3 Å². The smallest absolute Gasteiger partial charge is 0.324 e. The Hall–Kier alpha value is -2.12. The molecule has 1 amide bonds. The van der Waals surface area contributed by atoms with Gasteiger partial charge >= 0.3 is 5.97 Å². The number of hydrogen-bond donors (Lipinski definition) is 2. The summed E-state index contributed by atoms with van der Waals surface area (Å²) in [7, 11) is 7.30. The Morgan fingerprint density at radius 2 is 1.96 bits per heavy atom. The topological polar surface area (TPSA) is 82.1 Å². The van der Waals surface area contributed by atoms with Gasteiger partial charge in [0.15, 0.2) is 0 Å². The van der Waals surface area contributed by atoms with Gasteiger partial charge in [-0.25, -0.2) is 0 Å². The number of carbonyl (C=O) groups is 2. The molecular weight excluding hydrogens is 346 g/mol. The summed E-state index contributed by atoms with van der Waals surface area (Å²) in [5.41, 5.74) is -0.128. The van der Waals surface area contributed by atoms with Gasteiger partial charge in [-0.15, -0.1) is 0 Å². The van der Waals surface area contributed by atoms with E-state index in [2.05, 4.69) is 5.32 Å². The first-order chi connectivity index (χ1) is 12.8. The van der Waals surface area contributed by atoms with Gasteiger partial charge < -0.3 is 20.1 Å². The van der Waals surface area contributed by atoms with Crippen LogP contribution in [-0.4, -0.2) is 73.7 Å². The van der Waals surface area contributed by atoms with Gasteiger partial charge in [0.25, 0.3) is 0 Å². The van der Waals surface area contributed by atoms with Crippen LogP contribution in [0.5, 0.6) is 5.75 Å². The summed E-state index contributed by atoms with van der Waals surface area (Å²) in [5, 5.41) is 12.9. The maximum Gasteiger partial charge on any atom is 0.324 e. The lowest BCUT2D eigenvalue weighted by molar-refractivity contribution is -0.150. The van der Waals surface area contributed by atoms with Gasteiger partial charge in [0, 0.05) is 19.1 Å². The largest absolute Gasteiger partial charge is 0.497 e. The Labute approximate surface area is 161 Å². The number of methoxy groups -OCH3 is 1. The molecule has 1 aromatic carbocycles. The van der Waals surface area contributed by atoms with Gasteiger partial charge in [0.1, 0.15) is 11.3 Å². The fraction of sp³-hybridized carbons (Fsp3) is 0.600. The molecule has 2 N–H and O–H groups in total. The maximum atomic E-state index is 12.9. The highest BCUT2D eigenvalue weighted by molar-refractivity contribution is 5.85. The van der Waals surface area contributed by atoms with Crippen LogP contribution in [0.2, 0.25) is 0 Å². The van der Waals surface area contributed by atoms with Crippen LogP contribution in [-0.2, 0) is 9.59 Å². The van der Waals surface area contributed by atoms with E-state index in [1.54, 1.807) is 14.2 Å². The highest BCUT2D eigenvalue weighted by Crippen LogP contribution is 2.47. The van der Waals surface area contributed by atoms with E-state index in [0.29, 0.717) is 19.4 Å². The highest BCUT2D eigenvalue weighted by atomic mass is 16.5. The molecule has 7 heteroatoms. The normalized spacial score (nSPS) is 25.6. The SMILES string of the molecule is CC[C@]1(C(=O)O)C[C@@H](C(=O)NCCN(C)C)[C@@H](c2ccc(OC)cc2)N1C. The van der Waals surface area contributed by atoms with Crippen molar-refractivity contribution in [3.8, 4) is 5.75 Å². The number of nitrogens with zero attached hydrogens (tertiary/aromatic N) is 2. The first-order valence-corrected chi connectivity index (χ1v) is 9.29. The molecule has 1 aromatic rings. The molecule has 2 rings (SSSR count). The molecule has 3 atom stereocenters. The number of aliphatic carboxylic acids is 1. The minimum Gasteiger partial charge on any atom is -0.497 e. The van der Waals surface area contributed by atoms with Gasteiger partial charge in [0.05, 0.1) is 13.0 Å². The van der Waals surface area contributed by atoms with E-state index in [0.717, 1.165) is 17.9 Å². The highest BCUT2D eigenvalue weighted by Gasteiger charge is 2.56. The number of benzene rings is 1. The number of rotatable bonds is 8. The number of ether oxygens (including phenoxy) is 1. The summed E-state index contributed by atoms with van der Waals surface area (Å²) in [6.45, 7) is 3.13. The zero-order chi connectivity index (χ0) is 20.2. The van der Waals surface area contributed by atoms with Crippen molar-refractivity contribution < 1.29 is 19.4 Å². The van der Waals surface area contributed by atoms with Gasteiger partial charge in [-0.2, -0.15) is 0 Å². The van der Waals surface area contributed by atoms with E-state index >= 15 is 0 Å². The number of likely N-dealkylation sites (N-methyl/N-ethyl adjacent to an activating group) is 2. The van der Waals surface area contributed by atoms with Crippen LogP contribution in [0.1, 0.15) is 31.4 Å². The summed E-state index contributed by atoms with van der Waals surface area (Å²) in [5.74, 6) is -0.677. The molecule has 1 aliphatic heterocycles. The third-order valence-electron chi connectivity index (χ3n) is 5.67.